The van der Waals surface area contributed by atoms with E-state index in [-0.39, 0.29) is 63.8 Å². The maximum Gasteiger partial charge on any atom is 0.319 e. The highest BCUT2D eigenvalue weighted by atomic mass is 19.1. The van der Waals surface area contributed by atoms with Crippen molar-refractivity contribution in [1.82, 2.24) is 19.9 Å². The molecule has 276 valence electrons. The minimum atomic E-state index is -1.22. The number of halogens is 2. The molecule has 3 atom stereocenters. The number of likely N-dealkylation sites (tertiary alicyclic amines) is 1. The average Bonchev–Trinajstić information content (AvgIpc) is 3.43. The summed E-state index contributed by atoms with van der Waals surface area (Å²) in [5, 5.41) is 22.4. The summed E-state index contributed by atoms with van der Waals surface area (Å²) in [6.07, 6.45) is 7.77. The van der Waals surface area contributed by atoms with Crippen LogP contribution in [0.25, 0.3) is 32.9 Å². The lowest BCUT2D eigenvalue weighted by atomic mass is 9.62. The number of piperidine rings is 1. The quantitative estimate of drug-likeness (QED) is 0.248. The number of β-amino-alcohol motifs (C(OH)–C–C–N with tert-alkyl or cyclic N) is 1. The molecule has 4 aromatic rings. The zero-order chi connectivity index (χ0) is 35.8. The van der Waals surface area contributed by atoms with Crippen molar-refractivity contribution in [3.05, 3.63) is 42.0 Å². The van der Waals surface area contributed by atoms with Crippen molar-refractivity contribution in [1.29, 1.82) is 0 Å². The maximum absolute atomic E-state index is 17.1. The van der Waals surface area contributed by atoms with Crippen molar-refractivity contribution < 1.29 is 37.9 Å². The summed E-state index contributed by atoms with van der Waals surface area (Å²) in [5.74, 6) is -1.29. The van der Waals surface area contributed by atoms with Gasteiger partial charge >= 0.3 is 6.01 Å². The second-order valence-electron chi connectivity index (χ2n) is 16.1. The number of phenolic OH excluding ortho intramolecular Hbond substituents is 1. The van der Waals surface area contributed by atoms with Crippen LogP contribution in [0, 0.1) is 22.5 Å². The number of methoxy groups -OCH3 is 1. The van der Waals surface area contributed by atoms with Gasteiger partial charge in [0, 0.05) is 40.4 Å². The maximum atomic E-state index is 17.1. The summed E-state index contributed by atoms with van der Waals surface area (Å²) in [4.78, 5) is 18.7. The molecule has 1 spiro atoms. The molecular weight excluding hydrogens is 672 g/mol. The number of aromatic hydroxyl groups is 1. The summed E-state index contributed by atoms with van der Waals surface area (Å²) in [6.45, 7) is 5.84. The van der Waals surface area contributed by atoms with Crippen LogP contribution in [0.15, 0.2) is 30.3 Å². The fourth-order valence-corrected chi connectivity index (χ4v) is 9.85. The minimum absolute atomic E-state index is 0.00345. The molecule has 13 heteroatoms. The smallest absolute Gasteiger partial charge is 0.319 e. The number of pyridine rings is 1. The number of anilines is 1. The van der Waals surface area contributed by atoms with Crippen LogP contribution < -0.4 is 14.4 Å². The minimum Gasteiger partial charge on any atom is -0.508 e. The molecule has 9 rings (SSSR count). The van der Waals surface area contributed by atoms with Gasteiger partial charge in [0.15, 0.2) is 5.82 Å². The summed E-state index contributed by atoms with van der Waals surface area (Å²) in [5.41, 5.74) is -1.21. The number of hydrogen-bond donors (Lipinski definition) is 2. The van der Waals surface area contributed by atoms with E-state index in [4.69, 9.17) is 28.9 Å². The molecule has 2 aliphatic carbocycles. The summed E-state index contributed by atoms with van der Waals surface area (Å²) in [6, 6.07) is 8.13. The molecule has 0 amide bonds. The molecule has 2 aromatic carbocycles. The lowest BCUT2D eigenvalue weighted by Crippen LogP contribution is -2.64. The SMILES string of the molecule is COc1nc(-c2cc(O)cc3cccc(F)c23)c(F)c2nc(OC[C@]34CCC[C@H]3N(C3CC5(COC5)C3)CCC4)nc(N3CCOC[C@@](C)(O)C3)c12. The molecule has 3 aliphatic heterocycles. The van der Waals surface area contributed by atoms with Gasteiger partial charge in [0.2, 0.25) is 5.88 Å². The van der Waals surface area contributed by atoms with Gasteiger partial charge in [-0.15, -0.1) is 0 Å². The Hall–Kier alpha value is -3.91. The number of phenols is 1. The lowest BCUT2D eigenvalue weighted by molar-refractivity contribution is -0.196. The van der Waals surface area contributed by atoms with Gasteiger partial charge in [-0.1, -0.05) is 18.6 Å². The third-order valence-electron chi connectivity index (χ3n) is 12.3. The molecule has 5 aliphatic rings. The third-order valence-corrected chi connectivity index (χ3v) is 12.3. The van der Waals surface area contributed by atoms with Crippen LogP contribution in [0.2, 0.25) is 0 Å². The predicted molar refractivity (Wildman–Crippen MR) is 190 cm³/mol. The van der Waals surface area contributed by atoms with Gasteiger partial charge < -0.3 is 34.1 Å². The van der Waals surface area contributed by atoms with Crippen LogP contribution >= 0.6 is 0 Å². The number of hydrogen-bond acceptors (Lipinski definition) is 11. The van der Waals surface area contributed by atoms with E-state index in [1.165, 1.54) is 44.2 Å². The van der Waals surface area contributed by atoms with Gasteiger partial charge in [-0.25, -0.2) is 13.8 Å². The van der Waals surface area contributed by atoms with Crippen molar-refractivity contribution in [2.75, 3.05) is 64.7 Å². The fourth-order valence-electron chi connectivity index (χ4n) is 9.85. The normalized spacial score (nSPS) is 27.7. The van der Waals surface area contributed by atoms with Crippen LogP contribution in [0.4, 0.5) is 14.6 Å². The molecule has 2 N–H and O–H groups in total. The molecular formula is C39H45F2N5O6. The molecule has 3 saturated heterocycles. The summed E-state index contributed by atoms with van der Waals surface area (Å²) in [7, 11) is 1.41. The Labute approximate surface area is 300 Å². The zero-order valence-electron chi connectivity index (χ0n) is 29.7. The van der Waals surface area contributed by atoms with Gasteiger partial charge in [-0.2, -0.15) is 9.97 Å². The van der Waals surface area contributed by atoms with Crippen molar-refractivity contribution in [2.24, 2.45) is 10.8 Å². The Bertz CT molecular complexity index is 2040. The largest absolute Gasteiger partial charge is 0.508 e. The number of benzene rings is 2. The molecule has 0 unspecified atom stereocenters. The Morgan fingerprint density at radius 3 is 2.62 bits per heavy atom. The van der Waals surface area contributed by atoms with Crippen molar-refractivity contribution in [3.63, 3.8) is 0 Å². The van der Waals surface area contributed by atoms with Gasteiger partial charge in [0.25, 0.3) is 0 Å². The van der Waals surface area contributed by atoms with E-state index < -0.39 is 17.2 Å². The molecule has 2 saturated carbocycles. The summed E-state index contributed by atoms with van der Waals surface area (Å²) < 4.78 is 56.1. The van der Waals surface area contributed by atoms with Gasteiger partial charge in [0.05, 0.1) is 46.7 Å². The van der Waals surface area contributed by atoms with Crippen LogP contribution in [0.5, 0.6) is 17.6 Å². The van der Waals surface area contributed by atoms with E-state index in [9.17, 15) is 10.2 Å². The van der Waals surface area contributed by atoms with Gasteiger partial charge in [-0.05, 0) is 75.6 Å². The fraction of sp³-hybridized carbons (Fsp3) is 0.564. The van der Waals surface area contributed by atoms with E-state index in [1.807, 2.05) is 4.90 Å². The standard InChI is InChI=1S/C39H45F2N5O6/c1-37(48)18-45(12-13-50-19-37)34-30-33(31(41)32(42-35(30)49-2)26-15-25(47)14-23-6-3-7-27(40)29(23)26)43-36(44-34)52-22-39-9-4-8-28(39)46(11-5-10-39)24-16-38(17-24)20-51-21-38/h3,6-7,14-15,24,28,47-48H,4-5,8-13,16-22H2,1-2H3/t28-,37+,39-/m1/s1. The molecule has 5 fully saturated rings. The van der Waals surface area contributed by atoms with Gasteiger partial charge in [0.1, 0.15) is 39.6 Å². The van der Waals surface area contributed by atoms with Gasteiger partial charge in [-0.3, -0.25) is 4.90 Å². The summed E-state index contributed by atoms with van der Waals surface area (Å²) >= 11 is 0. The lowest BCUT2D eigenvalue weighted by Gasteiger charge is -2.60. The number of fused-ring (bicyclic) bond motifs is 3. The number of ether oxygens (including phenoxy) is 4. The number of aliphatic hydroxyl groups is 1. The van der Waals surface area contributed by atoms with E-state index >= 15 is 8.78 Å². The second-order valence-corrected chi connectivity index (χ2v) is 16.1. The highest BCUT2D eigenvalue weighted by Gasteiger charge is 2.56. The first kappa shape index (κ1) is 33.9. The highest BCUT2D eigenvalue weighted by molar-refractivity contribution is 6.02. The van der Waals surface area contributed by atoms with Crippen molar-refractivity contribution in [3.8, 4) is 28.9 Å². The van der Waals surface area contributed by atoms with E-state index in [2.05, 4.69) is 9.88 Å². The second kappa shape index (κ2) is 12.6. The van der Waals surface area contributed by atoms with Crippen LogP contribution in [0.1, 0.15) is 51.9 Å². The Kier molecular flexibility index (Phi) is 8.22. The van der Waals surface area contributed by atoms with E-state index in [0.29, 0.717) is 48.5 Å². The molecule has 11 nitrogen and oxygen atoms in total. The van der Waals surface area contributed by atoms with Crippen LogP contribution in [-0.4, -0.2) is 108 Å². The Morgan fingerprint density at radius 2 is 1.83 bits per heavy atom. The monoisotopic (exact) mass is 717 g/mol. The van der Waals surface area contributed by atoms with Crippen molar-refractivity contribution in [2.45, 2.75) is 69.6 Å². The zero-order valence-corrected chi connectivity index (χ0v) is 29.7. The first-order valence-corrected chi connectivity index (χ1v) is 18.5. The molecule has 0 bridgehead atoms. The van der Waals surface area contributed by atoms with Crippen LogP contribution in [0.3, 0.4) is 0 Å². The average molecular weight is 718 g/mol. The van der Waals surface area contributed by atoms with Crippen LogP contribution in [-0.2, 0) is 9.47 Å². The van der Waals surface area contributed by atoms with Crippen molar-refractivity contribution >= 4 is 27.5 Å². The topological polar surface area (TPSA) is 123 Å². The van der Waals surface area contributed by atoms with E-state index in [0.717, 1.165) is 51.9 Å². The number of aromatic nitrogens is 3. The molecule has 52 heavy (non-hydrogen) atoms. The number of rotatable bonds is 7. The molecule has 5 heterocycles. The molecule has 2 aromatic heterocycles. The first-order valence-electron chi connectivity index (χ1n) is 18.5. The predicted octanol–water partition coefficient (Wildman–Crippen LogP) is 5.62. The Balaban J connectivity index is 1.14. The first-order chi connectivity index (χ1) is 25.1. The Morgan fingerprint density at radius 1 is 1.00 bits per heavy atom. The number of nitrogens with zero attached hydrogens (tertiary/aromatic N) is 5. The third kappa shape index (κ3) is 5.62. The molecule has 0 radical (unpaired) electrons. The van der Waals surface area contributed by atoms with E-state index in [1.54, 1.807) is 13.0 Å². The highest BCUT2D eigenvalue weighted by Crippen LogP contribution is 2.55.